The zero-order valence-electron chi connectivity index (χ0n) is 14.0. The summed E-state index contributed by atoms with van der Waals surface area (Å²) in [5.41, 5.74) is 3.75. The highest BCUT2D eigenvalue weighted by molar-refractivity contribution is 5.83. The molecule has 1 fully saturated rings. The number of rotatable bonds is 5. The first-order chi connectivity index (χ1) is 12.2. The average molecular weight is 340 g/mol. The Hall–Kier alpha value is -2.96. The third-order valence-electron chi connectivity index (χ3n) is 4.41. The molecular weight excluding hydrogens is 320 g/mol. The Bertz CT molecular complexity index is 881. The van der Waals surface area contributed by atoms with E-state index in [0.717, 1.165) is 53.1 Å². The summed E-state index contributed by atoms with van der Waals surface area (Å²) in [5, 5.41) is 7.88. The molecule has 0 atom stereocenters. The normalized spacial score (nSPS) is 13.7. The topological polar surface area (TPSA) is 83.4 Å². The summed E-state index contributed by atoms with van der Waals surface area (Å²) < 4.78 is 10.6. The van der Waals surface area contributed by atoms with Crippen molar-refractivity contribution in [2.24, 2.45) is 0 Å². The zero-order valence-corrected chi connectivity index (χ0v) is 14.0. The number of amides is 2. The van der Waals surface area contributed by atoms with Gasteiger partial charge >= 0.3 is 6.03 Å². The molecule has 3 heterocycles. The van der Waals surface area contributed by atoms with Gasteiger partial charge in [0.2, 0.25) is 0 Å². The second-order valence-corrected chi connectivity index (χ2v) is 6.28. The summed E-state index contributed by atoms with van der Waals surface area (Å²) in [6.45, 7) is 4.56. The Kier molecular flexibility index (Phi) is 4.05. The van der Waals surface area contributed by atoms with Gasteiger partial charge in [-0.25, -0.2) is 4.79 Å². The first kappa shape index (κ1) is 15.6. The van der Waals surface area contributed by atoms with E-state index in [1.54, 1.807) is 6.07 Å². The number of nitrogens with zero attached hydrogens (tertiary/aromatic N) is 2. The van der Waals surface area contributed by atoms with Crippen LogP contribution in [0, 0.1) is 6.92 Å². The molecule has 7 heteroatoms. The van der Waals surface area contributed by atoms with Gasteiger partial charge in [0.05, 0.1) is 6.54 Å². The number of H-pyrrole nitrogens is 1. The number of nitrogens with one attached hydrogen (secondary N) is 2. The van der Waals surface area contributed by atoms with Crippen molar-refractivity contribution in [1.29, 1.82) is 0 Å². The molecule has 0 unspecified atom stereocenters. The number of carbonyl (C=O) groups is 1. The maximum atomic E-state index is 11.9. The second kappa shape index (κ2) is 6.51. The van der Waals surface area contributed by atoms with Gasteiger partial charge in [-0.05, 0) is 31.0 Å². The van der Waals surface area contributed by atoms with E-state index in [1.165, 1.54) is 6.26 Å². The molecule has 3 aromatic rings. The van der Waals surface area contributed by atoms with Crippen LogP contribution in [0.1, 0.15) is 23.4 Å². The minimum Gasteiger partial charge on any atom is -0.487 e. The van der Waals surface area contributed by atoms with E-state index in [1.807, 2.05) is 17.9 Å². The van der Waals surface area contributed by atoms with Gasteiger partial charge < -0.3 is 24.5 Å². The molecule has 0 spiro atoms. The smallest absolute Gasteiger partial charge is 0.317 e. The Morgan fingerprint density at radius 1 is 1.40 bits per heavy atom. The Morgan fingerprint density at radius 2 is 2.28 bits per heavy atom. The molecule has 2 amide bonds. The number of likely N-dealkylation sites (tertiary alicyclic amines) is 1. The molecule has 0 aliphatic carbocycles. The molecule has 2 aromatic heterocycles. The highest BCUT2D eigenvalue weighted by Gasteiger charge is 2.19. The third-order valence-corrected chi connectivity index (χ3v) is 4.41. The van der Waals surface area contributed by atoms with Crippen molar-refractivity contribution < 1.29 is 14.1 Å². The summed E-state index contributed by atoms with van der Waals surface area (Å²) in [7, 11) is 0. The summed E-state index contributed by atoms with van der Waals surface area (Å²) >= 11 is 0. The van der Waals surface area contributed by atoms with Gasteiger partial charge in [0, 0.05) is 41.8 Å². The van der Waals surface area contributed by atoms with Crippen LogP contribution in [0.5, 0.6) is 5.75 Å². The van der Waals surface area contributed by atoms with Gasteiger partial charge in [0.25, 0.3) is 0 Å². The van der Waals surface area contributed by atoms with Crippen molar-refractivity contribution in [3.63, 3.8) is 0 Å². The van der Waals surface area contributed by atoms with Gasteiger partial charge in [0.1, 0.15) is 24.3 Å². The van der Waals surface area contributed by atoms with E-state index in [2.05, 4.69) is 27.6 Å². The van der Waals surface area contributed by atoms with Crippen molar-refractivity contribution in [3.05, 3.63) is 47.5 Å². The van der Waals surface area contributed by atoms with Crippen molar-refractivity contribution in [3.8, 4) is 5.75 Å². The predicted molar refractivity (Wildman–Crippen MR) is 92.3 cm³/mol. The molecule has 7 nitrogen and oxygen atoms in total. The van der Waals surface area contributed by atoms with E-state index < -0.39 is 0 Å². The van der Waals surface area contributed by atoms with Gasteiger partial charge in [0.15, 0.2) is 0 Å². The van der Waals surface area contributed by atoms with Gasteiger partial charge in [-0.1, -0.05) is 5.16 Å². The number of aromatic nitrogens is 2. The summed E-state index contributed by atoms with van der Waals surface area (Å²) in [6, 6.07) is 7.88. The number of aryl methyl sites for hydroxylation is 1. The first-order valence-corrected chi connectivity index (χ1v) is 8.36. The minimum absolute atomic E-state index is 0.00211. The number of ether oxygens (including phenoxy) is 1. The van der Waals surface area contributed by atoms with Gasteiger partial charge in [-0.15, -0.1) is 0 Å². The van der Waals surface area contributed by atoms with Crippen LogP contribution in [0.3, 0.4) is 0 Å². The molecule has 1 aliphatic rings. The molecule has 4 rings (SSSR count). The lowest BCUT2D eigenvalue weighted by Crippen LogP contribution is -2.47. The molecule has 130 valence electrons. The fourth-order valence-electron chi connectivity index (χ4n) is 2.85. The number of hydrogen-bond acceptors (Lipinski definition) is 4. The van der Waals surface area contributed by atoms with Gasteiger partial charge in [-0.2, -0.15) is 0 Å². The maximum absolute atomic E-state index is 11.9. The fraction of sp³-hybridized carbons (Fsp3) is 0.333. The van der Waals surface area contributed by atoms with E-state index in [-0.39, 0.29) is 6.03 Å². The average Bonchev–Trinajstić information content (AvgIpc) is 3.17. The molecule has 0 saturated carbocycles. The lowest BCUT2D eigenvalue weighted by Gasteiger charge is -2.30. The number of carbonyl (C=O) groups excluding carboxylic acids is 1. The summed E-state index contributed by atoms with van der Waals surface area (Å²) in [6.07, 6.45) is 2.62. The molecule has 25 heavy (non-hydrogen) atoms. The van der Waals surface area contributed by atoms with Crippen LogP contribution in [0.25, 0.3) is 10.9 Å². The van der Waals surface area contributed by atoms with Crippen LogP contribution in [0.15, 0.2) is 35.1 Å². The van der Waals surface area contributed by atoms with Crippen LogP contribution in [-0.4, -0.2) is 34.2 Å². The number of aromatic amines is 1. The SMILES string of the molecule is Cc1cc2cc(CNC(=O)N3CCC3)[nH]c2cc1OCc1ccon1. The first-order valence-electron chi connectivity index (χ1n) is 8.36. The second-order valence-electron chi connectivity index (χ2n) is 6.28. The van der Waals surface area contributed by atoms with Crippen LogP contribution in [0.2, 0.25) is 0 Å². The zero-order chi connectivity index (χ0) is 17.2. The van der Waals surface area contributed by atoms with Crippen molar-refractivity contribution >= 4 is 16.9 Å². The Labute approximate surface area is 144 Å². The third kappa shape index (κ3) is 3.31. The lowest BCUT2D eigenvalue weighted by molar-refractivity contribution is 0.167. The highest BCUT2D eigenvalue weighted by Crippen LogP contribution is 2.26. The molecular formula is C18H20N4O3. The Balaban J connectivity index is 1.45. The van der Waals surface area contributed by atoms with Crippen LogP contribution in [0.4, 0.5) is 4.79 Å². The van der Waals surface area contributed by atoms with E-state index >= 15 is 0 Å². The number of benzene rings is 1. The summed E-state index contributed by atoms with van der Waals surface area (Å²) in [5.74, 6) is 0.800. The largest absolute Gasteiger partial charge is 0.487 e. The molecule has 1 aromatic carbocycles. The molecule has 0 radical (unpaired) electrons. The number of fused-ring (bicyclic) bond motifs is 1. The highest BCUT2D eigenvalue weighted by atomic mass is 16.5. The van der Waals surface area contributed by atoms with Crippen LogP contribution < -0.4 is 10.1 Å². The van der Waals surface area contributed by atoms with Crippen molar-refractivity contribution in [1.82, 2.24) is 20.4 Å². The van der Waals surface area contributed by atoms with Gasteiger partial charge in [-0.3, -0.25) is 0 Å². The molecule has 0 bridgehead atoms. The van der Waals surface area contributed by atoms with Crippen LogP contribution in [-0.2, 0) is 13.2 Å². The van der Waals surface area contributed by atoms with E-state index in [0.29, 0.717) is 13.2 Å². The fourth-order valence-corrected chi connectivity index (χ4v) is 2.85. The minimum atomic E-state index is -0.00211. The Morgan fingerprint density at radius 3 is 3.00 bits per heavy atom. The lowest BCUT2D eigenvalue weighted by atomic mass is 10.1. The van der Waals surface area contributed by atoms with E-state index in [9.17, 15) is 4.79 Å². The molecule has 1 saturated heterocycles. The molecule has 2 N–H and O–H groups in total. The molecule has 1 aliphatic heterocycles. The quantitative estimate of drug-likeness (QED) is 0.748. The monoisotopic (exact) mass is 340 g/mol. The predicted octanol–water partition coefficient (Wildman–Crippen LogP) is 2.96. The van der Waals surface area contributed by atoms with Crippen LogP contribution >= 0.6 is 0 Å². The number of urea groups is 1. The maximum Gasteiger partial charge on any atom is 0.317 e. The summed E-state index contributed by atoms with van der Waals surface area (Å²) in [4.78, 5) is 17.0. The van der Waals surface area contributed by atoms with Crippen molar-refractivity contribution in [2.45, 2.75) is 26.5 Å². The standard InChI is InChI=1S/C18H20N4O3/c1-12-7-13-8-15(10-19-18(23)22-4-2-5-22)20-16(13)9-17(12)24-11-14-3-6-25-21-14/h3,6-9,20H,2,4-5,10-11H2,1H3,(H,19,23). The van der Waals surface area contributed by atoms with Crippen molar-refractivity contribution in [2.75, 3.05) is 13.1 Å². The number of hydrogen-bond donors (Lipinski definition) is 2. The van der Waals surface area contributed by atoms with E-state index in [4.69, 9.17) is 9.26 Å².